The van der Waals surface area contributed by atoms with E-state index in [1.54, 1.807) is 0 Å². The summed E-state index contributed by atoms with van der Waals surface area (Å²) in [6, 6.07) is 0. The molecule has 0 bridgehead atoms. The second-order valence-corrected chi connectivity index (χ2v) is 1.80. The molecule has 0 amide bonds. The van der Waals surface area contributed by atoms with E-state index < -0.39 is 0 Å². The molecular weight excluding hydrogens is 90.1 g/mol. The lowest BCUT2D eigenvalue weighted by molar-refractivity contribution is 0.626. The van der Waals surface area contributed by atoms with Crippen molar-refractivity contribution in [3.8, 4) is 0 Å². The molecule has 2 nitrogen and oxygen atoms in total. The topological polar surface area (TPSA) is 40.9 Å². The predicted molar refractivity (Wildman–Crippen MR) is 31.2 cm³/mol. The molecular formula is C5H13NO. The van der Waals surface area contributed by atoms with E-state index in [1.807, 2.05) is 0 Å². The number of hydrogen-bond acceptors (Lipinski definition) is 2. The van der Waals surface area contributed by atoms with Crippen LogP contribution in [0.2, 0.25) is 0 Å². The normalized spacial score (nSPS) is 7.43. The van der Waals surface area contributed by atoms with Gasteiger partial charge in [-0.3, -0.25) is 0 Å². The maximum absolute atomic E-state index is 7.50. The van der Waals surface area contributed by atoms with Crippen LogP contribution in [0.5, 0.6) is 0 Å². The standard InChI is InChI=1S/C5H12.HNO/c1-4-5(2)3;1-2/h5H,4H2,1-3H3;1H. The van der Waals surface area contributed by atoms with E-state index in [0.29, 0.717) is 0 Å². The Morgan fingerprint density at radius 2 is 1.57 bits per heavy atom. The highest BCUT2D eigenvalue weighted by Gasteiger charge is 1.80. The summed E-state index contributed by atoms with van der Waals surface area (Å²) in [5.41, 5.74) is 4.50. The summed E-state index contributed by atoms with van der Waals surface area (Å²) < 4.78 is 0. The fraction of sp³-hybridized carbons (Fsp3) is 1.00. The van der Waals surface area contributed by atoms with Gasteiger partial charge in [0.15, 0.2) is 0 Å². The van der Waals surface area contributed by atoms with Crippen LogP contribution in [0.4, 0.5) is 0 Å². The minimum absolute atomic E-state index is 0.884. The first kappa shape index (κ1) is 9.78. The minimum atomic E-state index is 0.884. The van der Waals surface area contributed by atoms with Gasteiger partial charge in [0.2, 0.25) is 0 Å². The maximum Gasteiger partial charge on any atom is -0.0474 e. The third-order valence-corrected chi connectivity index (χ3v) is 0.816. The molecule has 0 rings (SSSR count). The summed E-state index contributed by atoms with van der Waals surface area (Å²) in [6.45, 7) is 6.64. The van der Waals surface area contributed by atoms with Crippen molar-refractivity contribution in [3.05, 3.63) is 4.91 Å². The molecule has 0 spiro atoms. The van der Waals surface area contributed by atoms with Crippen molar-refractivity contribution in [1.29, 1.82) is 5.59 Å². The van der Waals surface area contributed by atoms with E-state index >= 15 is 0 Å². The second-order valence-electron chi connectivity index (χ2n) is 1.80. The zero-order chi connectivity index (χ0) is 6.28. The summed E-state index contributed by atoms with van der Waals surface area (Å²) >= 11 is 0. The Bertz CT molecular complexity index is 29.3. The van der Waals surface area contributed by atoms with Gasteiger partial charge in [-0.1, -0.05) is 32.8 Å². The van der Waals surface area contributed by atoms with E-state index in [2.05, 4.69) is 26.4 Å². The third kappa shape index (κ3) is 28.3. The Morgan fingerprint density at radius 3 is 1.57 bits per heavy atom. The second kappa shape index (κ2) is 9.14. The summed E-state index contributed by atoms with van der Waals surface area (Å²) in [6.07, 6.45) is 1.31. The Labute approximate surface area is 44.7 Å². The fourth-order valence-electron chi connectivity index (χ4n) is 0. The van der Waals surface area contributed by atoms with Gasteiger partial charge in [0.1, 0.15) is 0 Å². The zero-order valence-corrected chi connectivity index (χ0v) is 5.19. The molecule has 0 unspecified atom stereocenters. The molecule has 0 saturated carbocycles. The minimum Gasteiger partial charge on any atom is -0.154 e. The summed E-state index contributed by atoms with van der Waals surface area (Å²) in [4.78, 5) is 7.50. The largest absolute Gasteiger partial charge is 0.154 e. The molecule has 0 radical (unpaired) electrons. The van der Waals surface area contributed by atoms with Crippen LogP contribution in [0.1, 0.15) is 27.2 Å². The van der Waals surface area contributed by atoms with Gasteiger partial charge in [0.25, 0.3) is 0 Å². The van der Waals surface area contributed by atoms with Crippen LogP contribution in [-0.2, 0) is 0 Å². The van der Waals surface area contributed by atoms with E-state index in [-0.39, 0.29) is 0 Å². The molecule has 0 aromatic rings. The molecule has 0 atom stereocenters. The van der Waals surface area contributed by atoms with Gasteiger partial charge in [0.05, 0.1) is 0 Å². The Hall–Kier alpha value is -0.400. The van der Waals surface area contributed by atoms with Crippen molar-refractivity contribution in [1.82, 2.24) is 0 Å². The van der Waals surface area contributed by atoms with Crippen LogP contribution in [0.25, 0.3) is 0 Å². The van der Waals surface area contributed by atoms with E-state index in [9.17, 15) is 0 Å². The van der Waals surface area contributed by atoms with Gasteiger partial charge in [0, 0.05) is 0 Å². The van der Waals surface area contributed by atoms with Gasteiger partial charge >= 0.3 is 0 Å². The fourth-order valence-corrected chi connectivity index (χ4v) is 0. The number of nitroso groups, excluding NO2 is 1. The average Bonchev–Trinajstić information content (AvgIpc) is 1.73. The maximum atomic E-state index is 7.50. The van der Waals surface area contributed by atoms with Crippen LogP contribution in [-0.4, -0.2) is 0 Å². The quantitative estimate of drug-likeness (QED) is 0.508. The molecule has 0 aliphatic rings. The lowest BCUT2D eigenvalue weighted by atomic mass is 10.2. The first-order chi connectivity index (χ1) is 3.27. The molecule has 0 aliphatic heterocycles. The molecule has 0 aliphatic carbocycles. The molecule has 1 N–H and O–H groups in total. The van der Waals surface area contributed by atoms with Crippen molar-refractivity contribution >= 4 is 0 Å². The third-order valence-electron chi connectivity index (χ3n) is 0.816. The van der Waals surface area contributed by atoms with Crippen molar-refractivity contribution < 1.29 is 0 Å². The van der Waals surface area contributed by atoms with Gasteiger partial charge in [-0.15, -0.1) is 0 Å². The summed E-state index contributed by atoms with van der Waals surface area (Å²) in [7, 11) is 0. The molecule has 0 fully saturated rings. The molecule has 44 valence electrons. The molecule has 0 heterocycles. The predicted octanol–water partition coefficient (Wildman–Crippen LogP) is 2.38. The van der Waals surface area contributed by atoms with E-state index in [0.717, 1.165) is 5.92 Å². The van der Waals surface area contributed by atoms with Crippen molar-refractivity contribution in [2.24, 2.45) is 5.92 Å². The SMILES string of the molecule is CCC(C)C.N=O. The lowest BCUT2D eigenvalue weighted by Crippen LogP contribution is -1.77. The molecule has 0 aromatic carbocycles. The van der Waals surface area contributed by atoms with Crippen LogP contribution in [0, 0.1) is 16.4 Å². The van der Waals surface area contributed by atoms with Crippen LogP contribution in [0.3, 0.4) is 0 Å². The van der Waals surface area contributed by atoms with Crippen molar-refractivity contribution in [2.75, 3.05) is 0 Å². The first-order valence-corrected chi connectivity index (χ1v) is 2.47. The van der Waals surface area contributed by atoms with E-state index in [1.165, 1.54) is 6.42 Å². The monoisotopic (exact) mass is 103 g/mol. The highest BCUT2D eigenvalue weighted by Crippen LogP contribution is 1.93. The zero-order valence-electron chi connectivity index (χ0n) is 5.19. The van der Waals surface area contributed by atoms with Crippen LogP contribution >= 0.6 is 0 Å². The van der Waals surface area contributed by atoms with Crippen LogP contribution in [0.15, 0.2) is 0 Å². The lowest BCUT2D eigenvalue weighted by Gasteiger charge is -1.90. The summed E-state index contributed by atoms with van der Waals surface area (Å²) in [5.74, 6) is 0.884. The van der Waals surface area contributed by atoms with Gasteiger partial charge < -0.3 is 0 Å². The van der Waals surface area contributed by atoms with E-state index in [4.69, 9.17) is 4.91 Å². The Balaban J connectivity index is 0. The number of rotatable bonds is 1. The molecule has 7 heavy (non-hydrogen) atoms. The average molecular weight is 103 g/mol. The van der Waals surface area contributed by atoms with Crippen molar-refractivity contribution in [3.63, 3.8) is 0 Å². The van der Waals surface area contributed by atoms with Gasteiger partial charge in [-0.2, -0.15) is 4.91 Å². The Morgan fingerprint density at radius 1 is 1.43 bits per heavy atom. The number of nitrogens with one attached hydrogen (secondary N) is 1. The van der Waals surface area contributed by atoms with Gasteiger partial charge in [-0.05, 0) is 5.92 Å². The van der Waals surface area contributed by atoms with Crippen molar-refractivity contribution in [2.45, 2.75) is 27.2 Å². The summed E-state index contributed by atoms with van der Waals surface area (Å²) in [5, 5.41) is 0. The smallest absolute Gasteiger partial charge is 0.0474 e. The van der Waals surface area contributed by atoms with Crippen LogP contribution < -0.4 is 0 Å². The highest BCUT2D eigenvalue weighted by molar-refractivity contribution is 4.32. The molecule has 0 aromatic heterocycles. The molecule has 0 saturated heterocycles. The van der Waals surface area contributed by atoms with Gasteiger partial charge in [-0.25, -0.2) is 0 Å². The molecule has 2 heteroatoms. The highest BCUT2D eigenvalue weighted by atomic mass is 16.2. The Kier molecular flexibility index (Phi) is 12.8. The number of hydrogen-bond donors (Lipinski definition) is 1. The first-order valence-electron chi connectivity index (χ1n) is 2.47.